The van der Waals surface area contributed by atoms with Gasteiger partial charge in [0.1, 0.15) is 6.54 Å². The van der Waals surface area contributed by atoms with Crippen LogP contribution in [0.4, 0.5) is 0 Å². The first-order valence-electron chi connectivity index (χ1n) is 9.32. The number of hydrazine groups is 1. The molecule has 1 aliphatic rings. The lowest BCUT2D eigenvalue weighted by molar-refractivity contribution is -0.136. The summed E-state index contributed by atoms with van der Waals surface area (Å²) in [5.41, 5.74) is 7.32. The van der Waals surface area contributed by atoms with E-state index >= 15 is 0 Å². The van der Waals surface area contributed by atoms with Gasteiger partial charge in [0, 0.05) is 31.4 Å². The van der Waals surface area contributed by atoms with Crippen molar-refractivity contribution in [2.45, 2.75) is 52.4 Å². The van der Waals surface area contributed by atoms with Gasteiger partial charge in [0.05, 0.1) is 0 Å². The Hall–Kier alpha value is -2.70. The topological polar surface area (TPSA) is 95.6 Å². The Morgan fingerprint density at radius 1 is 0.963 bits per heavy atom. The molecule has 0 radical (unpaired) electrons. The molecule has 0 spiro atoms. The minimum Gasteiger partial charge on any atom is -0.333 e. The molecule has 2 rings (SSSR count). The van der Waals surface area contributed by atoms with Crippen molar-refractivity contribution in [3.05, 3.63) is 34.9 Å². The van der Waals surface area contributed by atoms with Crippen LogP contribution in [0.25, 0.3) is 0 Å². The van der Waals surface area contributed by atoms with Crippen molar-refractivity contribution < 1.29 is 19.2 Å². The molecule has 1 aromatic carbocycles. The molecule has 146 valence electrons. The van der Waals surface area contributed by atoms with E-state index in [1.54, 1.807) is 6.07 Å². The predicted octanol–water partition coefficient (Wildman–Crippen LogP) is 1.82. The quantitative estimate of drug-likeness (QED) is 0.587. The number of hydrogen-bond donors (Lipinski definition) is 2. The maximum Gasteiger partial charge on any atom is 0.257 e. The van der Waals surface area contributed by atoms with E-state index in [1.165, 1.54) is 4.90 Å². The van der Waals surface area contributed by atoms with Gasteiger partial charge in [0.25, 0.3) is 5.91 Å². The lowest BCUT2D eigenvalue weighted by Gasteiger charge is -2.19. The maximum atomic E-state index is 12.2. The molecule has 0 aromatic heterocycles. The third-order valence-corrected chi connectivity index (χ3v) is 4.76. The summed E-state index contributed by atoms with van der Waals surface area (Å²) in [6.45, 7) is 4.40. The molecule has 0 aliphatic carbocycles. The van der Waals surface area contributed by atoms with E-state index in [0.717, 1.165) is 30.4 Å². The Labute approximate surface area is 159 Å². The minimum atomic E-state index is -0.445. The van der Waals surface area contributed by atoms with Crippen molar-refractivity contribution in [3.63, 3.8) is 0 Å². The zero-order valence-corrected chi connectivity index (χ0v) is 16.0. The molecule has 3 amide bonds. The third kappa shape index (κ3) is 6.51. The first-order chi connectivity index (χ1) is 12.9. The largest absolute Gasteiger partial charge is 0.333 e. The van der Waals surface area contributed by atoms with Crippen LogP contribution in [0, 0.1) is 13.8 Å². The molecular weight excluding hydrogens is 346 g/mol. The summed E-state index contributed by atoms with van der Waals surface area (Å²) >= 11 is 0. The summed E-state index contributed by atoms with van der Waals surface area (Å²) in [7, 11) is 0. The van der Waals surface area contributed by atoms with E-state index in [-0.39, 0.29) is 31.1 Å². The van der Waals surface area contributed by atoms with Crippen molar-refractivity contribution >= 4 is 23.5 Å². The molecule has 7 nitrogen and oxygen atoms in total. The normalized spacial score (nSPS) is 14.4. The zero-order valence-electron chi connectivity index (χ0n) is 16.0. The van der Waals surface area contributed by atoms with Crippen LogP contribution >= 0.6 is 0 Å². The van der Waals surface area contributed by atoms with Gasteiger partial charge in [-0.2, -0.15) is 0 Å². The second kappa shape index (κ2) is 9.85. The minimum absolute atomic E-state index is 0.0192. The molecule has 1 aliphatic heterocycles. The van der Waals surface area contributed by atoms with Crippen molar-refractivity contribution in [1.82, 2.24) is 15.8 Å². The van der Waals surface area contributed by atoms with E-state index < -0.39 is 11.8 Å². The number of nitrogens with one attached hydrogen (secondary N) is 2. The molecule has 0 atom stereocenters. The van der Waals surface area contributed by atoms with Crippen molar-refractivity contribution in [1.29, 1.82) is 0 Å². The number of Topliss-reactive ketones (excluding diaryl/α,β-unsaturated/α-hetero) is 1. The average molecular weight is 373 g/mol. The molecule has 7 heteroatoms. The summed E-state index contributed by atoms with van der Waals surface area (Å²) in [4.78, 5) is 49.3. The standard InChI is InChI=1S/C20H27N3O4/c1-14-7-8-16(12-15(14)2)17(24)9-10-18(25)21-22-19(26)13-23-11-5-3-4-6-20(23)27/h7-8,12H,3-6,9-11,13H2,1-2H3,(H,21,25)(H,22,26). The molecule has 1 fully saturated rings. The number of carbonyl (C=O) groups is 4. The predicted molar refractivity (Wildman–Crippen MR) is 101 cm³/mol. The van der Waals surface area contributed by atoms with Gasteiger partial charge >= 0.3 is 0 Å². The van der Waals surface area contributed by atoms with E-state index in [0.29, 0.717) is 18.5 Å². The van der Waals surface area contributed by atoms with Gasteiger partial charge in [-0.3, -0.25) is 30.0 Å². The van der Waals surface area contributed by atoms with Gasteiger partial charge in [-0.25, -0.2) is 0 Å². The first kappa shape index (κ1) is 20.6. The van der Waals surface area contributed by atoms with Crippen molar-refractivity contribution in [2.24, 2.45) is 0 Å². The SMILES string of the molecule is Cc1ccc(C(=O)CCC(=O)NNC(=O)CN2CCCCCC2=O)cc1C. The number of rotatable bonds is 6. The van der Waals surface area contributed by atoms with Gasteiger partial charge < -0.3 is 4.90 Å². The number of amides is 3. The van der Waals surface area contributed by atoms with Gasteiger partial charge in [0.2, 0.25) is 11.8 Å². The number of aryl methyl sites for hydroxylation is 2. The average Bonchev–Trinajstić information content (AvgIpc) is 2.84. The summed E-state index contributed by atoms with van der Waals surface area (Å²) in [5.74, 6) is -1.04. The third-order valence-electron chi connectivity index (χ3n) is 4.76. The summed E-state index contributed by atoms with van der Waals surface area (Å²) in [6, 6.07) is 5.45. The van der Waals surface area contributed by atoms with Crippen LogP contribution < -0.4 is 10.9 Å². The number of nitrogens with zero attached hydrogens (tertiary/aromatic N) is 1. The Bertz CT molecular complexity index is 730. The lowest BCUT2D eigenvalue weighted by Crippen LogP contribution is -2.47. The maximum absolute atomic E-state index is 12.2. The van der Waals surface area contributed by atoms with Crippen LogP contribution in [0.15, 0.2) is 18.2 Å². The number of ketones is 1. The van der Waals surface area contributed by atoms with Crippen LogP contribution in [-0.2, 0) is 14.4 Å². The second-order valence-corrected chi connectivity index (χ2v) is 6.94. The summed E-state index contributed by atoms with van der Waals surface area (Å²) in [6.07, 6.45) is 3.22. The number of hydrogen-bond acceptors (Lipinski definition) is 4. The highest BCUT2D eigenvalue weighted by molar-refractivity contribution is 5.98. The summed E-state index contributed by atoms with van der Waals surface area (Å²) in [5, 5.41) is 0. The van der Waals surface area contributed by atoms with Crippen molar-refractivity contribution in [2.75, 3.05) is 13.1 Å². The van der Waals surface area contributed by atoms with Crippen LogP contribution in [0.3, 0.4) is 0 Å². The van der Waals surface area contributed by atoms with Gasteiger partial charge in [-0.1, -0.05) is 18.6 Å². The van der Waals surface area contributed by atoms with E-state index in [4.69, 9.17) is 0 Å². The van der Waals surface area contributed by atoms with Gasteiger partial charge in [-0.15, -0.1) is 0 Å². The number of carbonyl (C=O) groups excluding carboxylic acids is 4. The molecule has 1 heterocycles. The molecule has 0 unspecified atom stereocenters. The highest BCUT2D eigenvalue weighted by atomic mass is 16.2. The van der Waals surface area contributed by atoms with E-state index in [2.05, 4.69) is 10.9 Å². The second-order valence-electron chi connectivity index (χ2n) is 6.94. The summed E-state index contributed by atoms with van der Waals surface area (Å²) < 4.78 is 0. The first-order valence-corrected chi connectivity index (χ1v) is 9.32. The van der Waals surface area contributed by atoms with Crippen LogP contribution in [0.5, 0.6) is 0 Å². The number of likely N-dealkylation sites (tertiary alicyclic amines) is 1. The molecule has 0 saturated carbocycles. The molecular formula is C20H27N3O4. The fraction of sp³-hybridized carbons (Fsp3) is 0.500. The lowest BCUT2D eigenvalue weighted by atomic mass is 10.0. The highest BCUT2D eigenvalue weighted by Gasteiger charge is 2.19. The zero-order chi connectivity index (χ0) is 19.8. The fourth-order valence-corrected chi connectivity index (χ4v) is 2.91. The molecule has 0 bridgehead atoms. The Morgan fingerprint density at radius 2 is 1.70 bits per heavy atom. The fourth-order valence-electron chi connectivity index (χ4n) is 2.91. The monoisotopic (exact) mass is 373 g/mol. The van der Waals surface area contributed by atoms with Crippen LogP contribution in [0.2, 0.25) is 0 Å². The van der Waals surface area contributed by atoms with Crippen LogP contribution in [-0.4, -0.2) is 41.5 Å². The highest BCUT2D eigenvalue weighted by Crippen LogP contribution is 2.12. The Morgan fingerprint density at radius 3 is 2.44 bits per heavy atom. The van der Waals surface area contributed by atoms with E-state index in [9.17, 15) is 19.2 Å². The molecule has 2 N–H and O–H groups in total. The Balaban J connectivity index is 1.72. The number of benzene rings is 1. The van der Waals surface area contributed by atoms with Gasteiger partial charge in [-0.05, 0) is 43.9 Å². The molecule has 1 aromatic rings. The Kier molecular flexibility index (Phi) is 7.52. The van der Waals surface area contributed by atoms with E-state index in [1.807, 2.05) is 26.0 Å². The molecule has 27 heavy (non-hydrogen) atoms. The van der Waals surface area contributed by atoms with Crippen molar-refractivity contribution in [3.8, 4) is 0 Å². The van der Waals surface area contributed by atoms with Gasteiger partial charge in [0.15, 0.2) is 5.78 Å². The van der Waals surface area contributed by atoms with Crippen LogP contribution in [0.1, 0.15) is 60.0 Å². The smallest absolute Gasteiger partial charge is 0.257 e. The molecule has 1 saturated heterocycles.